The van der Waals surface area contributed by atoms with Crippen LogP contribution in [0.4, 0.5) is 0 Å². The van der Waals surface area contributed by atoms with E-state index in [1.165, 1.54) is 11.1 Å². The molecule has 1 heterocycles. The number of nitrogens with zero attached hydrogens (tertiary/aromatic N) is 1. The van der Waals surface area contributed by atoms with Crippen molar-refractivity contribution >= 4 is 0 Å². The van der Waals surface area contributed by atoms with Crippen LogP contribution in [0.1, 0.15) is 58.7 Å². The van der Waals surface area contributed by atoms with Gasteiger partial charge >= 0.3 is 0 Å². The Morgan fingerprint density at radius 2 is 1.59 bits per heavy atom. The first-order chi connectivity index (χ1) is 7.71. The predicted octanol–water partition coefficient (Wildman–Crippen LogP) is 4.39. The second-order valence-electron chi connectivity index (χ2n) is 7.27. The summed E-state index contributed by atoms with van der Waals surface area (Å²) in [5.74, 6) is 0. The number of benzene rings is 1. The highest BCUT2D eigenvalue weighted by Gasteiger charge is 2.42. The monoisotopic (exact) mass is 231 g/mol. The van der Waals surface area contributed by atoms with Gasteiger partial charge in [0.2, 0.25) is 0 Å². The number of hydrogen-bond acceptors (Lipinski definition) is 1. The van der Waals surface area contributed by atoms with Crippen molar-refractivity contribution in [3.05, 3.63) is 35.4 Å². The molecule has 17 heavy (non-hydrogen) atoms. The van der Waals surface area contributed by atoms with Gasteiger partial charge in [-0.05, 0) is 37.3 Å². The van der Waals surface area contributed by atoms with Gasteiger partial charge in [0.25, 0.3) is 0 Å². The molecule has 0 bridgehead atoms. The summed E-state index contributed by atoms with van der Waals surface area (Å²) in [5, 5.41) is 0. The van der Waals surface area contributed by atoms with Crippen LogP contribution in [0.25, 0.3) is 0 Å². The molecule has 0 spiro atoms. The fourth-order valence-electron chi connectivity index (χ4n) is 2.95. The molecule has 0 fully saturated rings. The Bertz CT molecular complexity index is 406. The lowest BCUT2D eigenvalue weighted by atomic mass is 9.81. The quantitative estimate of drug-likeness (QED) is 0.640. The fraction of sp³-hybridized carbons (Fsp3) is 0.625. The van der Waals surface area contributed by atoms with Crippen molar-refractivity contribution in [2.75, 3.05) is 0 Å². The molecule has 94 valence electrons. The summed E-state index contributed by atoms with van der Waals surface area (Å²) in [7, 11) is 0. The smallest absolute Gasteiger partial charge is 0.0408 e. The minimum atomic E-state index is 0.219. The number of rotatable bonds is 0. The second kappa shape index (κ2) is 3.84. The van der Waals surface area contributed by atoms with Crippen molar-refractivity contribution in [3.8, 4) is 0 Å². The van der Waals surface area contributed by atoms with Crippen molar-refractivity contribution in [3.63, 3.8) is 0 Å². The third-order valence-corrected chi connectivity index (χ3v) is 3.68. The van der Waals surface area contributed by atoms with Crippen LogP contribution in [-0.4, -0.2) is 10.4 Å². The molecule has 1 aliphatic heterocycles. The van der Waals surface area contributed by atoms with Crippen LogP contribution in [-0.2, 0) is 6.54 Å². The molecule has 1 unspecified atom stereocenters. The molecule has 0 amide bonds. The zero-order chi connectivity index (χ0) is 12.8. The van der Waals surface area contributed by atoms with E-state index in [1.807, 2.05) is 0 Å². The third-order valence-electron chi connectivity index (χ3n) is 3.68. The van der Waals surface area contributed by atoms with E-state index in [-0.39, 0.29) is 11.0 Å². The topological polar surface area (TPSA) is 3.24 Å². The second-order valence-corrected chi connectivity index (χ2v) is 7.27. The van der Waals surface area contributed by atoms with Crippen molar-refractivity contribution in [1.29, 1.82) is 0 Å². The lowest BCUT2D eigenvalue weighted by Crippen LogP contribution is -2.44. The van der Waals surface area contributed by atoms with Crippen LogP contribution < -0.4 is 0 Å². The Morgan fingerprint density at radius 1 is 1.00 bits per heavy atom. The molecule has 1 aromatic rings. The lowest BCUT2D eigenvalue weighted by Gasteiger charge is -2.43. The predicted molar refractivity (Wildman–Crippen MR) is 73.9 cm³/mol. The highest BCUT2D eigenvalue weighted by atomic mass is 15.2. The van der Waals surface area contributed by atoms with E-state index in [1.54, 1.807) is 0 Å². The third kappa shape index (κ3) is 2.26. The summed E-state index contributed by atoms with van der Waals surface area (Å²) < 4.78 is 0. The van der Waals surface area contributed by atoms with E-state index in [0.717, 1.165) is 6.54 Å². The molecule has 1 nitrogen and oxygen atoms in total. The maximum Gasteiger partial charge on any atom is 0.0408 e. The Hall–Kier alpha value is -0.820. The largest absolute Gasteiger partial charge is 0.287 e. The standard InChI is InChI=1S/C16H25N/c1-15(2,3)14-13-10-8-7-9-12(13)11-17(14)16(4,5)6/h7-10,14H,11H2,1-6H3. The van der Waals surface area contributed by atoms with Crippen molar-refractivity contribution in [1.82, 2.24) is 4.90 Å². The van der Waals surface area contributed by atoms with Crippen molar-refractivity contribution in [2.45, 2.75) is 59.7 Å². The van der Waals surface area contributed by atoms with E-state index in [4.69, 9.17) is 0 Å². The summed E-state index contributed by atoms with van der Waals surface area (Å²) in [5.41, 5.74) is 3.52. The van der Waals surface area contributed by atoms with Crippen LogP contribution in [0.2, 0.25) is 0 Å². The first-order valence-corrected chi connectivity index (χ1v) is 6.56. The number of hydrogen-bond donors (Lipinski definition) is 0. The van der Waals surface area contributed by atoms with Crippen LogP contribution >= 0.6 is 0 Å². The van der Waals surface area contributed by atoms with Gasteiger partial charge in [0.05, 0.1) is 0 Å². The maximum absolute atomic E-state index is 2.64. The van der Waals surface area contributed by atoms with Gasteiger partial charge in [0, 0.05) is 18.1 Å². The molecular weight excluding hydrogens is 206 g/mol. The van der Waals surface area contributed by atoms with Crippen LogP contribution in [0.3, 0.4) is 0 Å². The summed E-state index contributed by atoms with van der Waals surface area (Å²) >= 11 is 0. The van der Waals surface area contributed by atoms with Gasteiger partial charge < -0.3 is 0 Å². The van der Waals surface area contributed by atoms with E-state index in [9.17, 15) is 0 Å². The van der Waals surface area contributed by atoms with Gasteiger partial charge in [-0.2, -0.15) is 0 Å². The summed E-state index contributed by atoms with van der Waals surface area (Å²) in [6.07, 6.45) is 0. The minimum absolute atomic E-state index is 0.219. The Labute approximate surface area is 106 Å². The van der Waals surface area contributed by atoms with Crippen molar-refractivity contribution < 1.29 is 0 Å². The average molecular weight is 231 g/mol. The minimum Gasteiger partial charge on any atom is -0.287 e. The lowest BCUT2D eigenvalue weighted by molar-refractivity contribution is 0.0308. The Kier molecular flexibility index (Phi) is 2.86. The zero-order valence-corrected chi connectivity index (χ0v) is 12.0. The molecule has 0 N–H and O–H groups in total. The van der Waals surface area contributed by atoms with Crippen LogP contribution in [0, 0.1) is 5.41 Å². The molecule has 1 heteroatoms. The molecule has 0 aromatic heterocycles. The van der Waals surface area contributed by atoms with Crippen molar-refractivity contribution in [2.24, 2.45) is 5.41 Å². The van der Waals surface area contributed by atoms with E-state index in [2.05, 4.69) is 70.7 Å². The molecule has 1 aliphatic rings. The molecule has 0 aliphatic carbocycles. The van der Waals surface area contributed by atoms with Crippen LogP contribution in [0.15, 0.2) is 24.3 Å². The molecule has 0 radical (unpaired) electrons. The zero-order valence-electron chi connectivity index (χ0n) is 12.0. The SMILES string of the molecule is CC(C)(C)C1c2ccccc2CN1C(C)(C)C. The number of fused-ring (bicyclic) bond motifs is 1. The summed E-state index contributed by atoms with van der Waals surface area (Å²) in [6, 6.07) is 9.43. The van der Waals surface area contributed by atoms with Gasteiger partial charge in [0.1, 0.15) is 0 Å². The fourth-order valence-corrected chi connectivity index (χ4v) is 2.95. The van der Waals surface area contributed by atoms with Gasteiger partial charge in [-0.15, -0.1) is 0 Å². The molecule has 0 saturated heterocycles. The molecular formula is C16H25N. The first-order valence-electron chi connectivity index (χ1n) is 6.56. The summed E-state index contributed by atoms with van der Waals surface area (Å²) in [4.78, 5) is 2.64. The molecule has 2 rings (SSSR count). The highest BCUT2D eigenvalue weighted by Crippen LogP contribution is 2.47. The van der Waals surface area contributed by atoms with Gasteiger partial charge in [-0.1, -0.05) is 45.0 Å². The first kappa shape index (κ1) is 12.6. The van der Waals surface area contributed by atoms with Gasteiger partial charge in [-0.3, -0.25) is 4.90 Å². The normalized spacial score (nSPS) is 21.6. The van der Waals surface area contributed by atoms with E-state index >= 15 is 0 Å². The Balaban J connectivity index is 2.48. The van der Waals surface area contributed by atoms with E-state index < -0.39 is 0 Å². The Morgan fingerprint density at radius 3 is 2.12 bits per heavy atom. The average Bonchev–Trinajstić information content (AvgIpc) is 2.54. The summed E-state index contributed by atoms with van der Waals surface area (Å²) in [6.45, 7) is 15.1. The molecule has 1 aromatic carbocycles. The van der Waals surface area contributed by atoms with Gasteiger partial charge in [0.15, 0.2) is 0 Å². The molecule has 1 atom stereocenters. The highest BCUT2D eigenvalue weighted by molar-refractivity contribution is 5.35. The van der Waals surface area contributed by atoms with Gasteiger partial charge in [-0.25, -0.2) is 0 Å². The van der Waals surface area contributed by atoms with Crippen LogP contribution in [0.5, 0.6) is 0 Å². The maximum atomic E-state index is 2.64. The molecule has 0 saturated carbocycles. The van der Waals surface area contributed by atoms with E-state index in [0.29, 0.717) is 6.04 Å².